The Hall–Kier alpha value is -5.96. The number of benzene rings is 4. The second kappa shape index (κ2) is 35.5. The van der Waals surface area contributed by atoms with Crippen LogP contribution in [0.25, 0.3) is 0 Å². The van der Waals surface area contributed by atoms with E-state index in [9.17, 15) is 0 Å². The van der Waals surface area contributed by atoms with Gasteiger partial charge in [0.1, 0.15) is 46.0 Å². The van der Waals surface area contributed by atoms with Crippen molar-refractivity contribution in [3.8, 4) is 46.0 Å². The van der Waals surface area contributed by atoms with Crippen molar-refractivity contribution < 1.29 is 37.9 Å². The molecule has 8 bridgehead atoms. The van der Waals surface area contributed by atoms with Crippen molar-refractivity contribution in [2.75, 3.05) is 53.4 Å². The quantitative estimate of drug-likeness (QED) is 0.0171. The molecule has 0 unspecified atom stereocenters. The summed E-state index contributed by atoms with van der Waals surface area (Å²) in [4.78, 5) is 0. The van der Waals surface area contributed by atoms with E-state index < -0.39 is 0 Å². The number of thiocarbonyl (C=S) groups is 4. The molecule has 0 saturated heterocycles. The molecule has 9 rings (SSSR count). The summed E-state index contributed by atoms with van der Waals surface area (Å²) in [5, 5.41) is 30.5. The monoisotopic (exact) mass is 1340 g/mol. The molecule has 0 atom stereocenters. The highest BCUT2D eigenvalue weighted by Crippen LogP contribution is 2.58. The second-order valence-electron chi connectivity index (χ2n) is 25.0. The average Bonchev–Trinajstić information content (AvgIpc) is 0.729. The molecule has 0 fully saturated rings. The van der Waals surface area contributed by atoms with E-state index in [0.717, 1.165) is 267 Å². The van der Waals surface area contributed by atoms with Crippen molar-refractivity contribution >= 4 is 69.3 Å². The minimum atomic E-state index is -0.225. The van der Waals surface area contributed by atoms with Gasteiger partial charge in [-0.3, -0.25) is 0 Å². The summed E-state index contributed by atoms with van der Waals surface area (Å²) in [5.41, 5.74) is 12.1. The van der Waals surface area contributed by atoms with Crippen molar-refractivity contribution in [3.05, 3.63) is 91.0 Å². The van der Waals surface area contributed by atoms with E-state index in [1.165, 1.54) is 0 Å². The summed E-state index contributed by atoms with van der Waals surface area (Å²) in [5.74, 6) is 4.90. The molecular formula is C72H104N8O8S4. The van der Waals surface area contributed by atoms with Crippen molar-refractivity contribution in [2.24, 2.45) is 0 Å². The van der Waals surface area contributed by atoms with Gasteiger partial charge in [-0.1, -0.05) is 132 Å². The second-order valence-corrected chi connectivity index (χ2v) is 26.7. The van der Waals surface area contributed by atoms with Crippen LogP contribution in [0.15, 0.2) is 24.3 Å². The highest BCUT2D eigenvalue weighted by atomic mass is 32.1. The predicted octanol–water partition coefficient (Wildman–Crippen LogP) is 15.3. The van der Waals surface area contributed by atoms with Crippen LogP contribution in [0.4, 0.5) is 0 Å². The Morgan fingerprint density at radius 1 is 0.283 bits per heavy atom. The van der Waals surface area contributed by atoms with Gasteiger partial charge in [0.25, 0.3) is 0 Å². The Labute approximate surface area is 570 Å². The fraction of sp³-hybridized carbons (Fsp3) is 0.611. The van der Waals surface area contributed by atoms with E-state index in [0.29, 0.717) is 46.6 Å². The number of unbranched alkanes of at least 4 members (excludes halogenated alkanes) is 8. The number of hydrogen-bond acceptors (Lipinski definition) is 12. The molecule has 4 aromatic rings. The smallest absolute Gasteiger partial charge is 0.230 e. The van der Waals surface area contributed by atoms with Gasteiger partial charge in [0.05, 0.1) is 22.3 Å². The molecule has 1 aliphatic carbocycles. The third kappa shape index (κ3) is 16.7. The highest BCUT2D eigenvalue weighted by molar-refractivity contribution is 7.80. The first-order valence-corrected chi connectivity index (χ1v) is 36.5. The SMILES string of the molecule is CCCCCC1c2cc3c4c(CNC(=S)NCCC)c2OCOc2c1cc1c(c2CNC(=S)NCCC)OCOc2c(cc5c(c2CNC(=S)NCCC)OCOc2c(cc(c(c2CNC(=S)NCCC)OCO4)C3CCCCC)C5CCCCC)C1CCCCC. The largest absolute Gasteiger partial charge is 0.457 e. The van der Waals surface area contributed by atoms with Gasteiger partial charge in [0.15, 0.2) is 20.4 Å². The average molecular weight is 1340 g/mol. The Morgan fingerprint density at radius 3 is 0.630 bits per heavy atom. The predicted molar refractivity (Wildman–Crippen MR) is 385 cm³/mol. The van der Waals surface area contributed by atoms with Gasteiger partial charge in [-0.2, -0.15) is 0 Å². The summed E-state index contributed by atoms with van der Waals surface area (Å²) in [6, 6.07) is 9.80. The van der Waals surface area contributed by atoms with E-state index in [-0.39, 0.29) is 50.8 Å². The molecule has 16 nitrogen and oxygen atoms in total. The topological polar surface area (TPSA) is 170 Å². The van der Waals surface area contributed by atoms with Crippen LogP contribution in [0.5, 0.6) is 46.0 Å². The van der Waals surface area contributed by atoms with Crippen molar-refractivity contribution in [2.45, 2.75) is 234 Å². The number of nitrogens with one attached hydrogen (secondary N) is 8. The Bertz CT molecular complexity index is 2650. The normalized spacial score (nSPS) is 16.9. The zero-order valence-corrected chi connectivity index (χ0v) is 59.4. The molecule has 0 radical (unpaired) electrons. The number of hydrogen-bond donors (Lipinski definition) is 8. The fourth-order valence-corrected chi connectivity index (χ4v) is 14.6. The molecule has 8 N–H and O–H groups in total. The fourth-order valence-electron chi connectivity index (χ4n) is 13.9. The molecule has 504 valence electrons. The molecule has 0 spiro atoms. The van der Waals surface area contributed by atoms with Crippen LogP contribution in [0, 0.1) is 0 Å². The van der Waals surface area contributed by atoms with E-state index in [1.54, 1.807) is 0 Å². The van der Waals surface area contributed by atoms with Crippen molar-refractivity contribution in [3.63, 3.8) is 0 Å². The van der Waals surface area contributed by atoms with Crippen molar-refractivity contribution in [1.82, 2.24) is 42.5 Å². The zero-order chi connectivity index (χ0) is 64.9. The van der Waals surface area contributed by atoms with Crippen LogP contribution >= 0.6 is 48.9 Å². The molecule has 0 saturated carbocycles. The first kappa shape index (κ1) is 70.4. The van der Waals surface area contributed by atoms with Crippen molar-refractivity contribution in [1.29, 1.82) is 0 Å². The van der Waals surface area contributed by atoms with E-state index in [4.69, 9.17) is 86.8 Å². The third-order valence-electron chi connectivity index (χ3n) is 18.4. The molecule has 4 heterocycles. The molecule has 4 aliphatic heterocycles. The van der Waals surface area contributed by atoms with Gasteiger partial charge in [0, 0.05) is 121 Å². The summed E-state index contributed by atoms with van der Waals surface area (Å²) >= 11 is 24.2. The lowest BCUT2D eigenvalue weighted by atomic mass is 9.74. The molecule has 0 amide bonds. The molecular weight excluding hydrogens is 1230 g/mol. The zero-order valence-electron chi connectivity index (χ0n) is 56.1. The minimum Gasteiger partial charge on any atom is -0.457 e. The Morgan fingerprint density at radius 2 is 0.467 bits per heavy atom. The lowest BCUT2D eigenvalue weighted by Gasteiger charge is -2.38. The summed E-state index contributed by atoms with van der Waals surface area (Å²) in [6.45, 7) is 21.5. The summed E-state index contributed by atoms with van der Waals surface area (Å²) in [6.07, 6.45) is 19.1. The Kier molecular flexibility index (Phi) is 27.2. The number of rotatable bonds is 32. The van der Waals surface area contributed by atoms with Gasteiger partial charge in [-0.05, 0) is 125 Å². The van der Waals surface area contributed by atoms with Crippen LogP contribution in [-0.2, 0) is 26.2 Å². The summed E-state index contributed by atoms with van der Waals surface area (Å²) in [7, 11) is 0. The van der Waals surface area contributed by atoms with E-state index in [2.05, 4.69) is 122 Å². The van der Waals surface area contributed by atoms with E-state index in [1.807, 2.05) is 0 Å². The van der Waals surface area contributed by atoms with Gasteiger partial charge < -0.3 is 80.4 Å². The lowest BCUT2D eigenvalue weighted by molar-refractivity contribution is 0.0942. The third-order valence-corrected chi connectivity index (χ3v) is 19.5. The maximum absolute atomic E-state index is 7.23. The standard InChI is InChI=1S/C72H104N8O8S4/c1-9-17-21-25-45-49-33-51-46(26-22-18-10-2)53-35-55-48(28-24-20-12-4)56-36-54-47(27-23-19-11-3)52-34-50(45)62-58(38-78-70(90)74-30-14-6)64(52)84-43-86-66(54)60(40-80-72(92)76-32-16-8)68(56)88-44-87-67(55)59(39-79-71(91)75-31-15-7)65(53)85-42-83-63(51)57(61(49)81-41-82-62)37-77-69(89)73-29-13-5/h33-36,45-48H,9-32,37-44H2,1-8H3,(H2,73,77,89)(H2,74,78,90)(H2,75,79,91)(H2,76,80,92). The van der Waals surface area contributed by atoms with Crippen LogP contribution in [0.2, 0.25) is 0 Å². The van der Waals surface area contributed by atoms with Gasteiger partial charge in [-0.15, -0.1) is 0 Å². The Balaban J connectivity index is 1.48. The molecule has 5 aliphatic rings. The number of ether oxygens (including phenoxy) is 8. The maximum atomic E-state index is 7.23. The lowest BCUT2D eigenvalue weighted by Crippen LogP contribution is -2.36. The van der Waals surface area contributed by atoms with Crippen LogP contribution < -0.4 is 80.4 Å². The summed E-state index contributed by atoms with van der Waals surface area (Å²) < 4.78 is 57.8. The molecule has 0 aromatic heterocycles. The molecule has 20 heteroatoms. The molecule has 4 aromatic carbocycles. The maximum Gasteiger partial charge on any atom is 0.230 e. The minimum absolute atomic E-state index is 0.0940. The first-order chi connectivity index (χ1) is 45.0. The molecule has 92 heavy (non-hydrogen) atoms. The highest BCUT2D eigenvalue weighted by Gasteiger charge is 2.42. The first-order valence-electron chi connectivity index (χ1n) is 34.9. The van der Waals surface area contributed by atoms with Gasteiger partial charge in [-0.25, -0.2) is 0 Å². The van der Waals surface area contributed by atoms with E-state index >= 15 is 0 Å². The van der Waals surface area contributed by atoms with Gasteiger partial charge >= 0.3 is 0 Å². The van der Waals surface area contributed by atoms with Crippen LogP contribution in [0.1, 0.15) is 274 Å². The van der Waals surface area contributed by atoms with Crippen LogP contribution in [0.3, 0.4) is 0 Å². The van der Waals surface area contributed by atoms with Gasteiger partial charge in [0.2, 0.25) is 27.2 Å². The van der Waals surface area contributed by atoms with Crippen LogP contribution in [-0.4, -0.2) is 73.8 Å².